The molecule has 7 heteroatoms. The molecule has 0 spiro atoms. The molecule has 0 bridgehead atoms. The Hall–Kier alpha value is -0.660. The summed E-state index contributed by atoms with van der Waals surface area (Å²) in [6.45, 7) is 2.86. The summed E-state index contributed by atoms with van der Waals surface area (Å²) in [6, 6.07) is -0.391. The molecule has 1 saturated carbocycles. The predicted octanol–water partition coefficient (Wildman–Crippen LogP) is 1.60. The lowest BCUT2D eigenvalue weighted by molar-refractivity contribution is -0.123. The molecule has 0 radical (unpaired) electrons. The van der Waals surface area contributed by atoms with E-state index in [1.54, 1.807) is 4.31 Å². The Bertz CT molecular complexity index is 495. The zero-order chi connectivity index (χ0) is 17.6. The van der Waals surface area contributed by atoms with Crippen LogP contribution in [0.4, 0.5) is 0 Å². The monoisotopic (exact) mass is 359 g/mol. The van der Waals surface area contributed by atoms with Gasteiger partial charge in [0.15, 0.2) is 0 Å². The summed E-state index contributed by atoms with van der Waals surface area (Å²) in [5.74, 6) is 0.715. The topological polar surface area (TPSA) is 92.5 Å². The summed E-state index contributed by atoms with van der Waals surface area (Å²) in [4.78, 5) is 12.3. The number of nitrogens with two attached hydrogens (primary N) is 1. The molecular weight excluding hydrogens is 326 g/mol. The Morgan fingerprint density at radius 3 is 2.38 bits per heavy atom. The number of amides is 1. The summed E-state index contributed by atoms with van der Waals surface area (Å²) in [5.41, 5.74) is 6.08. The lowest BCUT2D eigenvalue weighted by Gasteiger charge is -2.32. The van der Waals surface area contributed by atoms with E-state index in [4.69, 9.17) is 5.73 Å². The minimum Gasteiger partial charge on any atom is -0.352 e. The molecule has 1 aliphatic carbocycles. The van der Waals surface area contributed by atoms with Crippen molar-refractivity contribution in [1.29, 1.82) is 0 Å². The van der Waals surface area contributed by atoms with Crippen molar-refractivity contribution in [2.24, 2.45) is 11.7 Å². The average molecular weight is 360 g/mol. The second-order valence-electron chi connectivity index (χ2n) is 7.34. The van der Waals surface area contributed by atoms with Crippen LogP contribution in [0.25, 0.3) is 0 Å². The first-order valence-electron chi connectivity index (χ1n) is 9.46. The Morgan fingerprint density at radius 2 is 1.79 bits per heavy atom. The van der Waals surface area contributed by atoms with Gasteiger partial charge < -0.3 is 11.1 Å². The van der Waals surface area contributed by atoms with Crippen molar-refractivity contribution in [2.75, 3.05) is 18.8 Å². The first-order chi connectivity index (χ1) is 11.4. The largest absolute Gasteiger partial charge is 0.352 e. The summed E-state index contributed by atoms with van der Waals surface area (Å²) < 4.78 is 25.7. The second kappa shape index (κ2) is 9.15. The molecule has 0 aromatic carbocycles. The SMILES string of the molecule is CCCS(=O)(=O)N1CCC(NC(=O)C(N)CC2CCCCC2)CC1. The number of rotatable bonds is 7. The zero-order valence-corrected chi connectivity index (χ0v) is 15.7. The quantitative estimate of drug-likeness (QED) is 0.722. The van der Waals surface area contributed by atoms with Gasteiger partial charge in [-0.05, 0) is 31.6 Å². The van der Waals surface area contributed by atoms with Gasteiger partial charge >= 0.3 is 0 Å². The average Bonchev–Trinajstić information content (AvgIpc) is 2.56. The molecule has 1 amide bonds. The van der Waals surface area contributed by atoms with Crippen LogP contribution in [0.15, 0.2) is 0 Å². The lowest BCUT2D eigenvalue weighted by atomic mass is 9.85. The smallest absolute Gasteiger partial charge is 0.237 e. The number of piperidine rings is 1. The normalized spacial score (nSPS) is 23.1. The third-order valence-electron chi connectivity index (χ3n) is 5.30. The van der Waals surface area contributed by atoms with E-state index in [0.717, 1.165) is 6.42 Å². The number of nitrogens with one attached hydrogen (secondary N) is 1. The standard InChI is InChI=1S/C17H33N3O3S/c1-2-12-24(22,23)20-10-8-15(9-11-20)19-17(21)16(18)13-14-6-4-3-5-7-14/h14-16H,2-13,18H2,1H3,(H,19,21). The van der Waals surface area contributed by atoms with Gasteiger partial charge in [0.1, 0.15) is 0 Å². The van der Waals surface area contributed by atoms with Crippen molar-refractivity contribution in [1.82, 2.24) is 9.62 Å². The molecule has 140 valence electrons. The molecule has 1 heterocycles. The molecule has 1 unspecified atom stereocenters. The van der Waals surface area contributed by atoms with Crippen LogP contribution < -0.4 is 11.1 Å². The van der Waals surface area contributed by atoms with E-state index in [2.05, 4.69) is 5.32 Å². The van der Waals surface area contributed by atoms with Gasteiger partial charge in [-0.15, -0.1) is 0 Å². The van der Waals surface area contributed by atoms with Gasteiger partial charge in [-0.3, -0.25) is 4.79 Å². The Kier molecular flexibility index (Phi) is 7.50. The van der Waals surface area contributed by atoms with Crippen molar-refractivity contribution in [3.63, 3.8) is 0 Å². The highest BCUT2D eigenvalue weighted by atomic mass is 32.2. The minimum atomic E-state index is -3.12. The predicted molar refractivity (Wildman–Crippen MR) is 96.0 cm³/mol. The second-order valence-corrected chi connectivity index (χ2v) is 9.43. The molecule has 1 atom stereocenters. The Labute approximate surface area is 146 Å². The highest BCUT2D eigenvalue weighted by Gasteiger charge is 2.29. The summed E-state index contributed by atoms with van der Waals surface area (Å²) >= 11 is 0. The van der Waals surface area contributed by atoms with E-state index in [-0.39, 0.29) is 17.7 Å². The van der Waals surface area contributed by atoms with Gasteiger partial charge in [0.25, 0.3) is 0 Å². The number of nitrogens with zero attached hydrogens (tertiary/aromatic N) is 1. The summed E-state index contributed by atoms with van der Waals surface area (Å²) in [6.07, 6.45) is 8.94. The van der Waals surface area contributed by atoms with Gasteiger partial charge in [0.05, 0.1) is 11.8 Å². The maximum Gasteiger partial charge on any atom is 0.237 e. The highest BCUT2D eigenvalue weighted by Crippen LogP contribution is 2.27. The summed E-state index contributed by atoms with van der Waals surface area (Å²) in [5, 5.41) is 3.03. The van der Waals surface area contributed by atoms with Gasteiger partial charge in [0.2, 0.25) is 15.9 Å². The minimum absolute atomic E-state index is 0.0444. The van der Waals surface area contributed by atoms with Crippen LogP contribution in [0.3, 0.4) is 0 Å². The third-order valence-corrected chi connectivity index (χ3v) is 7.38. The van der Waals surface area contributed by atoms with Crippen molar-refractivity contribution in [3.05, 3.63) is 0 Å². The molecule has 2 fully saturated rings. The van der Waals surface area contributed by atoms with E-state index >= 15 is 0 Å². The van der Waals surface area contributed by atoms with E-state index in [0.29, 0.717) is 38.3 Å². The van der Waals surface area contributed by atoms with Gasteiger partial charge in [0, 0.05) is 19.1 Å². The van der Waals surface area contributed by atoms with Crippen LogP contribution in [0.2, 0.25) is 0 Å². The van der Waals surface area contributed by atoms with Crippen molar-refractivity contribution < 1.29 is 13.2 Å². The molecule has 24 heavy (non-hydrogen) atoms. The van der Waals surface area contributed by atoms with Crippen LogP contribution in [0, 0.1) is 5.92 Å². The van der Waals surface area contributed by atoms with Crippen LogP contribution in [0.5, 0.6) is 0 Å². The van der Waals surface area contributed by atoms with Crippen molar-refractivity contribution in [3.8, 4) is 0 Å². The van der Waals surface area contributed by atoms with Crippen LogP contribution in [0.1, 0.15) is 64.7 Å². The Morgan fingerprint density at radius 1 is 1.17 bits per heavy atom. The molecule has 0 aromatic rings. The zero-order valence-electron chi connectivity index (χ0n) is 14.9. The number of hydrogen-bond donors (Lipinski definition) is 2. The van der Waals surface area contributed by atoms with E-state index in [9.17, 15) is 13.2 Å². The van der Waals surface area contributed by atoms with Crippen LogP contribution >= 0.6 is 0 Å². The van der Waals surface area contributed by atoms with Gasteiger partial charge in [-0.2, -0.15) is 0 Å². The van der Waals surface area contributed by atoms with Crippen LogP contribution in [-0.2, 0) is 14.8 Å². The fourth-order valence-electron chi connectivity index (χ4n) is 3.86. The summed E-state index contributed by atoms with van der Waals surface area (Å²) in [7, 11) is -3.12. The molecule has 1 aliphatic heterocycles. The molecule has 0 aromatic heterocycles. The van der Waals surface area contributed by atoms with Gasteiger partial charge in [-0.1, -0.05) is 39.0 Å². The highest BCUT2D eigenvalue weighted by molar-refractivity contribution is 7.89. The van der Waals surface area contributed by atoms with E-state index < -0.39 is 16.1 Å². The maximum absolute atomic E-state index is 12.3. The molecule has 6 nitrogen and oxygen atoms in total. The number of hydrogen-bond acceptors (Lipinski definition) is 4. The lowest BCUT2D eigenvalue weighted by Crippen LogP contribution is -2.51. The maximum atomic E-state index is 12.3. The van der Waals surface area contributed by atoms with E-state index in [1.807, 2.05) is 6.92 Å². The first-order valence-corrected chi connectivity index (χ1v) is 11.1. The first kappa shape index (κ1) is 19.7. The molecule has 2 rings (SSSR count). The molecule has 2 aliphatic rings. The van der Waals surface area contributed by atoms with Crippen molar-refractivity contribution >= 4 is 15.9 Å². The molecule has 1 saturated heterocycles. The fourth-order valence-corrected chi connectivity index (χ4v) is 5.40. The molecule has 3 N–H and O–H groups in total. The number of sulfonamides is 1. The Balaban J connectivity index is 1.73. The number of carbonyl (C=O) groups is 1. The fraction of sp³-hybridized carbons (Fsp3) is 0.941. The van der Waals surface area contributed by atoms with Crippen molar-refractivity contribution in [2.45, 2.75) is 76.8 Å². The van der Waals surface area contributed by atoms with E-state index in [1.165, 1.54) is 32.1 Å². The molecular formula is C17H33N3O3S. The van der Waals surface area contributed by atoms with Gasteiger partial charge in [-0.25, -0.2) is 12.7 Å². The third kappa shape index (κ3) is 5.70. The van der Waals surface area contributed by atoms with Crippen LogP contribution in [-0.4, -0.2) is 49.6 Å². The number of carbonyl (C=O) groups excluding carboxylic acids is 1.